The number of nitrogens with zero attached hydrogens (tertiary/aromatic N) is 1. The number of benzene rings is 2. The molecule has 0 radical (unpaired) electrons. The topological polar surface area (TPSA) is 70.7 Å². The highest BCUT2D eigenvalue weighted by Crippen LogP contribution is 2.21. The van der Waals surface area contributed by atoms with E-state index in [1.165, 1.54) is 12.1 Å². The number of hydrogen-bond donors (Lipinski definition) is 2. The van der Waals surface area contributed by atoms with E-state index in [0.717, 1.165) is 11.1 Å². The van der Waals surface area contributed by atoms with Crippen LogP contribution in [0.5, 0.6) is 0 Å². The lowest BCUT2D eigenvalue weighted by molar-refractivity contribution is -0.139. The fourth-order valence-corrected chi connectivity index (χ4v) is 3.40. The fraction of sp³-hybridized carbons (Fsp3) is 0.333. The Kier molecular flexibility index (Phi) is 7.57. The molecule has 6 nitrogen and oxygen atoms in total. The first-order chi connectivity index (χ1) is 14.0. The summed E-state index contributed by atoms with van der Waals surface area (Å²) in [6, 6.07) is 13.1. The Bertz CT molecular complexity index is 841. The van der Waals surface area contributed by atoms with Gasteiger partial charge in [-0.3, -0.25) is 14.5 Å². The summed E-state index contributed by atoms with van der Waals surface area (Å²) < 4.78 is 18.7. The van der Waals surface area contributed by atoms with Crippen LogP contribution < -0.4 is 10.6 Å². The molecule has 1 aliphatic heterocycles. The molecule has 154 valence electrons. The van der Waals surface area contributed by atoms with Crippen molar-refractivity contribution in [2.45, 2.75) is 12.6 Å². The van der Waals surface area contributed by atoms with Crippen molar-refractivity contribution in [2.75, 3.05) is 32.8 Å². The van der Waals surface area contributed by atoms with Gasteiger partial charge in [-0.15, -0.1) is 0 Å². The first-order valence-electron chi connectivity index (χ1n) is 9.41. The van der Waals surface area contributed by atoms with Gasteiger partial charge in [-0.25, -0.2) is 4.39 Å². The summed E-state index contributed by atoms with van der Waals surface area (Å²) in [6.07, 6.45) is 0. The predicted molar refractivity (Wildman–Crippen MR) is 108 cm³/mol. The van der Waals surface area contributed by atoms with Gasteiger partial charge in [-0.05, 0) is 29.3 Å². The third-order valence-corrected chi connectivity index (χ3v) is 5.17. The first-order valence-corrected chi connectivity index (χ1v) is 9.79. The van der Waals surface area contributed by atoms with E-state index in [-0.39, 0.29) is 24.9 Å². The molecule has 2 aromatic rings. The van der Waals surface area contributed by atoms with Gasteiger partial charge in [-0.2, -0.15) is 0 Å². The Morgan fingerprint density at radius 2 is 1.69 bits per heavy atom. The van der Waals surface area contributed by atoms with Crippen molar-refractivity contribution >= 4 is 23.4 Å². The Morgan fingerprint density at radius 3 is 2.38 bits per heavy atom. The molecule has 1 aliphatic rings. The van der Waals surface area contributed by atoms with Crippen molar-refractivity contribution in [1.82, 2.24) is 15.5 Å². The molecule has 0 aliphatic carbocycles. The van der Waals surface area contributed by atoms with Crippen LogP contribution in [0.25, 0.3) is 0 Å². The predicted octanol–water partition coefficient (Wildman–Crippen LogP) is 2.29. The number of morpholine rings is 1. The van der Waals surface area contributed by atoms with E-state index < -0.39 is 11.8 Å². The largest absolute Gasteiger partial charge is 0.379 e. The number of ether oxygens (including phenoxy) is 1. The zero-order valence-corrected chi connectivity index (χ0v) is 16.6. The summed E-state index contributed by atoms with van der Waals surface area (Å²) in [4.78, 5) is 26.6. The van der Waals surface area contributed by atoms with Crippen molar-refractivity contribution in [1.29, 1.82) is 0 Å². The van der Waals surface area contributed by atoms with E-state index >= 15 is 0 Å². The smallest absolute Gasteiger partial charge is 0.309 e. The number of carbonyl (C=O) groups is 2. The molecule has 2 amide bonds. The van der Waals surface area contributed by atoms with Crippen molar-refractivity contribution in [3.63, 3.8) is 0 Å². The number of halogens is 2. The summed E-state index contributed by atoms with van der Waals surface area (Å²) >= 11 is 6.06. The molecule has 0 aromatic heterocycles. The van der Waals surface area contributed by atoms with Gasteiger partial charge in [0.15, 0.2) is 0 Å². The van der Waals surface area contributed by atoms with Gasteiger partial charge in [0.25, 0.3) is 0 Å². The number of rotatable bonds is 6. The van der Waals surface area contributed by atoms with Gasteiger partial charge >= 0.3 is 11.8 Å². The van der Waals surface area contributed by atoms with Crippen molar-refractivity contribution in [3.8, 4) is 0 Å². The van der Waals surface area contributed by atoms with Crippen molar-refractivity contribution in [3.05, 3.63) is 70.5 Å². The molecule has 2 aromatic carbocycles. The van der Waals surface area contributed by atoms with Crippen LogP contribution in [0.15, 0.2) is 48.5 Å². The van der Waals surface area contributed by atoms with Crippen LogP contribution in [-0.4, -0.2) is 49.6 Å². The van der Waals surface area contributed by atoms with Gasteiger partial charge in [0, 0.05) is 31.2 Å². The minimum Gasteiger partial charge on any atom is -0.379 e. The van der Waals surface area contributed by atoms with Crippen molar-refractivity contribution < 1.29 is 18.7 Å². The number of nitrogens with one attached hydrogen (secondary N) is 2. The SMILES string of the molecule is O=C(NCc1ccccc1Cl)C(=O)NC[C@H](c1ccc(F)cc1)N1CCOCC1. The minimum absolute atomic E-state index is 0.163. The van der Waals surface area contributed by atoms with E-state index in [1.807, 2.05) is 6.07 Å². The molecule has 1 fully saturated rings. The molecule has 1 atom stereocenters. The number of amides is 2. The van der Waals surface area contributed by atoms with Crippen LogP contribution in [0.1, 0.15) is 17.2 Å². The summed E-state index contributed by atoms with van der Waals surface area (Å²) in [5.74, 6) is -1.78. The van der Waals surface area contributed by atoms with E-state index in [9.17, 15) is 14.0 Å². The molecular formula is C21H23ClFN3O3. The van der Waals surface area contributed by atoms with Crippen LogP contribution in [0.3, 0.4) is 0 Å². The van der Waals surface area contributed by atoms with Gasteiger partial charge in [0.2, 0.25) is 0 Å². The molecule has 0 unspecified atom stereocenters. The summed E-state index contributed by atoms with van der Waals surface area (Å²) in [5.41, 5.74) is 1.60. The lowest BCUT2D eigenvalue weighted by Crippen LogP contribution is -2.46. The van der Waals surface area contributed by atoms with Gasteiger partial charge in [0.1, 0.15) is 5.82 Å². The first kappa shape index (κ1) is 21.2. The highest BCUT2D eigenvalue weighted by molar-refractivity contribution is 6.35. The zero-order chi connectivity index (χ0) is 20.6. The van der Waals surface area contributed by atoms with E-state index in [0.29, 0.717) is 31.3 Å². The second kappa shape index (κ2) is 10.3. The monoisotopic (exact) mass is 419 g/mol. The quantitative estimate of drug-likeness (QED) is 0.705. The average molecular weight is 420 g/mol. The standard InChI is InChI=1S/C21H23ClFN3O3/c22-18-4-2-1-3-16(18)13-24-20(27)21(28)25-14-19(26-9-11-29-12-10-26)15-5-7-17(23)8-6-15/h1-8,19H,9-14H2,(H,24,27)(H,25,28)/t19-/m1/s1. The van der Waals surface area contributed by atoms with Crippen LogP contribution >= 0.6 is 11.6 Å². The van der Waals surface area contributed by atoms with E-state index in [4.69, 9.17) is 16.3 Å². The number of carbonyl (C=O) groups excluding carboxylic acids is 2. The summed E-state index contributed by atoms with van der Waals surface area (Å²) in [7, 11) is 0. The zero-order valence-electron chi connectivity index (χ0n) is 15.9. The Hall–Kier alpha value is -2.48. The maximum Gasteiger partial charge on any atom is 0.309 e. The van der Waals surface area contributed by atoms with Crippen molar-refractivity contribution in [2.24, 2.45) is 0 Å². The molecule has 2 N–H and O–H groups in total. The van der Waals surface area contributed by atoms with Crippen LogP contribution in [0.2, 0.25) is 5.02 Å². The van der Waals surface area contributed by atoms with E-state index in [1.54, 1.807) is 30.3 Å². The molecule has 3 rings (SSSR count). The normalized spacial score (nSPS) is 15.5. The molecule has 29 heavy (non-hydrogen) atoms. The number of hydrogen-bond acceptors (Lipinski definition) is 4. The summed E-state index contributed by atoms with van der Waals surface area (Å²) in [6.45, 7) is 2.95. The third kappa shape index (κ3) is 6.00. The lowest BCUT2D eigenvalue weighted by atomic mass is 10.0. The molecule has 1 saturated heterocycles. The molecule has 0 spiro atoms. The summed E-state index contributed by atoms with van der Waals surface area (Å²) in [5, 5.41) is 5.78. The maximum atomic E-state index is 13.3. The Morgan fingerprint density at radius 1 is 1.03 bits per heavy atom. The van der Waals surface area contributed by atoms with Gasteiger partial charge in [-0.1, -0.05) is 41.9 Å². The Balaban J connectivity index is 1.59. The maximum absolute atomic E-state index is 13.3. The van der Waals surface area contributed by atoms with Gasteiger partial charge < -0.3 is 15.4 Å². The molecular weight excluding hydrogens is 397 g/mol. The molecule has 8 heteroatoms. The lowest BCUT2D eigenvalue weighted by Gasteiger charge is -2.34. The molecule has 0 bridgehead atoms. The van der Waals surface area contributed by atoms with Crippen LogP contribution in [-0.2, 0) is 20.9 Å². The molecule has 0 saturated carbocycles. The molecule has 1 heterocycles. The van der Waals surface area contributed by atoms with Gasteiger partial charge in [0.05, 0.1) is 19.3 Å². The van der Waals surface area contributed by atoms with Crippen LogP contribution in [0, 0.1) is 5.82 Å². The minimum atomic E-state index is -0.732. The Labute approximate surface area is 174 Å². The van der Waals surface area contributed by atoms with E-state index in [2.05, 4.69) is 15.5 Å². The third-order valence-electron chi connectivity index (χ3n) is 4.80. The second-order valence-corrected chi connectivity index (χ2v) is 7.11. The average Bonchev–Trinajstić information content (AvgIpc) is 2.75. The fourth-order valence-electron chi connectivity index (χ4n) is 3.20. The second-order valence-electron chi connectivity index (χ2n) is 6.70. The van der Waals surface area contributed by atoms with Crippen LogP contribution in [0.4, 0.5) is 4.39 Å². The highest BCUT2D eigenvalue weighted by Gasteiger charge is 2.24. The highest BCUT2D eigenvalue weighted by atomic mass is 35.5.